The summed E-state index contributed by atoms with van der Waals surface area (Å²) in [5.74, 6) is 1.22. The van der Waals surface area contributed by atoms with Crippen LogP contribution in [-0.4, -0.2) is 19.1 Å². The zero-order valence-electron chi connectivity index (χ0n) is 13.8. The lowest BCUT2D eigenvalue weighted by atomic mass is 10.1. The molecule has 0 aromatic heterocycles. The molecular formula is C19H23NO3. The first-order valence-electron chi connectivity index (χ1n) is 7.76. The SMILES string of the molecule is CC[C@H](Oc1cccc(OC)c1)C(=O)NCc1cccc(C)c1. The number of amides is 1. The molecule has 0 heterocycles. The summed E-state index contributed by atoms with van der Waals surface area (Å²) in [5, 5.41) is 2.93. The van der Waals surface area contributed by atoms with Gasteiger partial charge in [-0.15, -0.1) is 0 Å². The first-order chi connectivity index (χ1) is 11.1. The van der Waals surface area contributed by atoms with E-state index in [1.807, 2.05) is 50.2 Å². The van der Waals surface area contributed by atoms with Crippen molar-refractivity contribution in [3.05, 3.63) is 59.7 Å². The Kier molecular flexibility index (Phi) is 6.03. The molecule has 0 aliphatic heterocycles. The third kappa shape index (κ3) is 5.02. The summed E-state index contributed by atoms with van der Waals surface area (Å²) in [6.45, 7) is 4.46. The first-order valence-corrected chi connectivity index (χ1v) is 7.76. The molecule has 4 nitrogen and oxygen atoms in total. The summed E-state index contributed by atoms with van der Waals surface area (Å²) in [4.78, 5) is 12.3. The van der Waals surface area contributed by atoms with Crippen molar-refractivity contribution in [1.82, 2.24) is 5.32 Å². The second-order valence-corrected chi connectivity index (χ2v) is 5.40. The zero-order chi connectivity index (χ0) is 16.7. The number of methoxy groups -OCH3 is 1. The normalized spacial score (nSPS) is 11.6. The molecule has 1 N–H and O–H groups in total. The molecule has 2 aromatic rings. The number of rotatable bonds is 7. The minimum Gasteiger partial charge on any atom is -0.497 e. The summed E-state index contributed by atoms with van der Waals surface area (Å²) in [5.41, 5.74) is 2.26. The number of hydrogen-bond acceptors (Lipinski definition) is 3. The fourth-order valence-corrected chi connectivity index (χ4v) is 2.29. The molecule has 1 atom stereocenters. The highest BCUT2D eigenvalue weighted by atomic mass is 16.5. The molecule has 1 amide bonds. The Morgan fingerprint density at radius 3 is 2.57 bits per heavy atom. The van der Waals surface area contributed by atoms with Gasteiger partial charge in [-0.2, -0.15) is 0 Å². The quantitative estimate of drug-likeness (QED) is 0.851. The smallest absolute Gasteiger partial charge is 0.261 e. The van der Waals surface area contributed by atoms with Gasteiger partial charge in [0.05, 0.1) is 7.11 Å². The number of aryl methyl sites for hydroxylation is 1. The third-order valence-electron chi connectivity index (χ3n) is 3.53. The van der Waals surface area contributed by atoms with Crippen LogP contribution in [0.2, 0.25) is 0 Å². The van der Waals surface area contributed by atoms with Crippen LogP contribution in [-0.2, 0) is 11.3 Å². The molecule has 0 bridgehead atoms. The first kappa shape index (κ1) is 16.9. The van der Waals surface area contributed by atoms with Gasteiger partial charge in [0.2, 0.25) is 0 Å². The Labute approximate surface area is 137 Å². The number of ether oxygens (including phenoxy) is 2. The molecule has 0 aliphatic rings. The molecular weight excluding hydrogens is 290 g/mol. The number of hydrogen-bond donors (Lipinski definition) is 1. The maximum Gasteiger partial charge on any atom is 0.261 e. The van der Waals surface area contributed by atoms with Crippen molar-refractivity contribution in [1.29, 1.82) is 0 Å². The van der Waals surface area contributed by atoms with E-state index in [1.165, 1.54) is 5.56 Å². The van der Waals surface area contributed by atoms with Crippen molar-refractivity contribution in [2.24, 2.45) is 0 Å². The Balaban J connectivity index is 1.95. The molecule has 0 unspecified atom stereocenters. The summed E-state index contributed by atoms with van der Waals surface area (Å²) in [7, 11) is 1.60. The summed E-state index contributed by atoms with van der Waals surface area (Å²) in [6, 6.07) is 15.3. The average Bonchev–Trinajstić information content (AvgIpc) is 2.58. The molecule has 0 saturated heterocycles. The van der Waals surface area contributed by atoms with E-state index in [2.05, 4.69) is 11.4 Å². The number of carbonyl (C=O) groups excluding carboxylic acids is 1. The maximum absolute atomic E-state index is 12.3. The minimum atomic E-state index is -0.521. The topological polar surface area (TPSA) is 47.6 Å². The summed E-state index contributed by atoms with van der Waals surface area (Å²) < 4.78 is 11.0. The van der Waals surface area contributed by atoms with Crippen molar-refractivity contribution in [2.45, 2.75) is 32.9 Å². The van der Waals surface area contributed by atoms with E-state index in [0.29, 0.717) is 24.5 Å². The average molecular weight is 313 g/mol. The molecule has 4 heteroatoms. The van der Waals surface area contributed by atoms with Gasteiger partial charge in [-0.05, 0) is 31.0 Å². The standard InChI is InChI=1S/C19H23NO3/c1-4-18(23-17-10-6-9-16(12-17)22-3)19(21)20-13-15-8-5-7-14(2)11-15/h5-12,18H,4,13H2,1-3H3,(H,20,21)/t18-/m0/s1. The van der Waals surface area contributed by atoms with E-state index in [9.17, 15) is 4.79 Å². The van der Waals surface area contributed by atoms with Crippen LogP contribution < -0.4 is 14.8 Å². The Morgan fingerprint density at radius 1 is 1.13 bits per heavy atom. The van der Waals surface area contributed by atoms with Gasteiger partial charge in [0.15, 0.2) is 6.10 Å². The molecule has 0 saturated carbocycles. The number of nitrogens with one attached hydrogen (secondary N) is 1. The fourth-order valence-electron chi connectivity index (χ4n) is 2.29. The second kappa shape index (κ2) is 8.22. The van der Waals surface area contributed by atoms with Crippen LogP contribution in [0.4, 0.5) is 0 Å². The van der Waals surface area contributed by atoms with Crippen molar-refractivity contribution < 1.29 is 14.3 Å². The Bertz CT molecular complexity index is 655. The summed E-state index contributed by atoms with van der Waals surface area (Å²) in [6.07, 6.45) is 0.0727. The van der Waals surface area contributed by atoms with Crippen molar-refractivity contribution >= 4 is 5.91 Å². The minimum absolute atomic E-state index is 0.114. The van der Waals surface area contributed by atoms with E-state index >= 15 is 0 Å². The number of carbonyl (C=O) groups is 1. The van der Waals surface area contributed by atoms with Gasteiger partial charge in [-0.1, -0.05) is 42.8 Å². The van der Waals surface area contributed by atoms with Gasteiger partial charge in [-0.3, -0.25) is 4.79 Å². The fraction of sp³-hybridized carbons (Fsp3) is 0.316. The van der Waals surface area contributed by atoms with Crippen molar-refractivity contribution in [2.75, 3.05) is 7.11 Å². The zero-order valence-corrected chi connectivity index (χ0v) is 13.8. The van der Waals surface area contributed by atoms with Crippen LogP contribution in [0.15, 0.2) is 48.5 Å². The highest BCUT2D eigenvalue weighted by Gasteiger charge is 2.18. The van der Waals surface area contributed by atoms with Crippen LogP contribution in [0.25, 0.3) is 0 Å². The van der Waals surface area contributed by atoms with E-state index in [0.717, 1.165) is 5.56 Å². The van der Waals surface area contributed by atoms with E-state index in [4.69, 9.17) is 9.47 Å². The second-order valence-electron chi connectivity index (χ2n) is 5.40. The predicted molar refractivity (Wildman–Crippen MR) is 90.7 cm³/mol. The predicted octanol–water partition coefficient (Wildman–Crippen LogP) is 3.48. The highest BCUT2D eigenvalue weighted by molar-refractivity contribution is 5.81. The molecule has 122 valence electrons. The van der Waals surface area contributed by atoms with Gasteiger partial charge in [0.1, 0.15) is 11.5 Å². The summed E-state index contributed by atoms with van der Waals surface area (Å²) >= 11 is 0. The van der Waals surface area contributed by atoms with E-state index in [-0.39, 0.29) is 5.91 Å². The molecule has 0 radical (unpaired) electrons. The maximum atomic E-state index is 12.3. The molecule has 0 spiro atoms. The highest BCUT2D eigenvalue weighted by Crippen LogP contribution is 2.20. The van der Waals surface area contributed by atoms with Gasteiger partial charge in [-0.25, -0.2) is 0 Å². The van der Waals surface area contributed by atoms with Gasteiger partial charge >= 0.3 is 0 Å². The largest absolute Gasteiger partial charge is 0.497 e. The molecule has 0 aliphatic carbocycles. The molecule has 0 fully saturated rings. The molecule has 2 aromatic carbocycles. The molecule has 2 rings (SSSR count). The lowest BCUT2D eigenvalue weighted by molar-refractivity contribution is -0.128. The van der Waals surface area contributed by atoms with E-state index < -0.39 is 6.10 Å². The van der Waals surface area contributed by atoms with Crippen LogP contribution in [0.3, 0.4) is 0 Å². The van der Waals surface area contributed by atoms with Crippen LogP contribution in [0.1, 0.15) is 24.5 Å². The van der Waals surface area contributed by atoms with Crippen LogP contribution in [0, 0.1) is 6.92 Å². The Morgan fingerprint density at radius 2 is 1.87 bits per heavy atom. The van der Waals surface area contributed by atoms with Gasteiger partial charge in [0.25, 0.3) is 5.91 Å². The van der Waals surface area contributed by atoms with Crippen LogP contribution >= 0.6 is 0 Å². The van der Waals surface area contributed by atoms with Crippen molar-refractivity contribution in [3.63, 3.8) is 0 Å². The van der Waals surface area contributed by atoms with Crippen molar-refractivity contribution in [3.8, 4) is 11.5 Å². The molecule has 23 heavy (non-hydrogen) atoms. The number of benzene rings is 2. The van der Waals surface area contributed by atoms with Gasteiger partial charge in [0, 0.05) is 12.6 Å². The Hall–Kier alpha value is -2.49. The monoisotopic (exact) mass is 313 g/mol. The van der Waals surface area contributed by atoms with Crippen LogP contribution in [0.5, 0.6) is 11.5 Å². The van der Waals surface area contributed by atoms with Gasteiger partial charge < -0.3 is 14.8 Å². The lowest BCUT2D eigenvalue weighted by Gasteiger charge is -2.17. The lowest BCUT2D eigenvalue weighted by Crippen LogP contribution is -2.37. The third-order valence-corrected chi connectivity index (χ3v) is 3.53. The van der Waals surface area contributed by atoms with E-state index in [1.54, 1.807) is 13.2 Å².